The molecule has 4 nitrogen and oxygen atoms in total. The molecule has 1 fully saturated rings. The molecule has 1 aliphatic heterocycles. The van der Waals surface area contributed by atoms with E-state index in [1.807, 2.05) is 49.5 Å². The number of nitrogens with two attached hydrogens (primary N) is 1. The maximum atomic E-state index is 12.1. The van der Waals surface area contributed by atoms with Crippen molar-refractivity contribution >= 4 is 11.8 Å². The monoisotopic (exact) mass is 247 g/mol. The lowest BCUT2D eigenvalue weighted by Gasteiger charge is -2.15. The third kappa shape index (κ3) is 2.76. The van der Waals surface area contributed by atoms with Crippen molar-refractivity contribution in [2.24, 2.45) is 0 Å². The fourth-order valence-electron chi connectivity index (χ4n) is 2.26. The van der Waals surface area contributed by atoms with Crippen LogP contribution in [0, 0.1) is 0 Å². The summed E-state index contributed by atoms with van der Waals surface area (Å²) in [5.74, 6) is -0.122. The summed E-state index contributed by atoms with van der Waals surface area (Å²) in [5, 5.41) is 1.96. The van der Waals surface area contributed by atoms with E-state index in [0.29, 0.717) is 19.0 Å². The van der Waals surface area contributed by atoms with Gasteiger partial charge in [-0.05, 0) is 19.4 Å². The van der Waals surface area contributed by atoms with Crippen molar-refractivity contribution in [2.75, 3.05) is 0 Å². The van der Waals surface area contributed by atoms with Gasteiger partial charge in [0.25, 0.3) is 5.91 Å². The van der Waals surface area contributed by atoms with E-state index < -0.39 is 0 Å². The Bertz CT molecular complexity index is 442. The van der Waals surface area contributed by atoms with Crippen molar-refractivity contribution in [2.45, 2.75) is 38.9 Å². The molecule has 1 atom stereocenters. The molecule has 1 heterocycles. The summed E-state index contributed by atoms with van der Waals surface area (Å²) in [7, 11) is 0. The van der Waals surface area contributed by atoms with Gasteiger partial charge in [0.1, 0.15) is 0 Å². The van der Waals surface area contributed by atoms with Gasteiger partial charge in [-0.25, -0.2) is 0 Å². The lowest BCUT2D eigenvalue weighted by Crippen LogP contribution is -2.95. The van der Waals surface area contributed by atoms with Gasteiger partial charge >= 0.3 is 0 Å². The molecule has 1 aliphatic rings. The second kappa shape index (κ2) is 5.31. The average molecular weight is 247 g/mol. The van der Waals surface area contributed by atoms with Crippen LogP contribution in [0.4, 0.5) is 0 Å². The standard InChI is InChI=1S/C14H18N2O2/c1-10(2)15-12-8-13(17)16(14(12)18)9-11-6-4-3-5-7-11/h3-7,10,12,15H,8-9H2,1-2H3/p+1/t12-/m0/s1. The number of carbonyl (C=O) groups excluding carboxylic acids is 2. The number of rotatable bonds is 4. The Hall–Kier alpha value is -1.68. The van der Waals surface area contributed by atoms with Crippen molar-refractivity contribution < 1.29 is 14.9 Å². The molecule has 1 aromatic rings. The second-order valence-corrected chi connectivity index (χ2v) is 5.05. The zero-order valence-corrected chi connectivity index (χ0v) is 10.8. The minimum absolute atomic E-state index is 0.0578. The van der Waals surface area contributed by atoms with Crippen molar-refractivity contribution in [3.8, 4) is 0 Å². The van der Waals surface area contributed by atoms with Crippen LogP contribution in [0.15, 0.2) is 30.3 Å². The van der Waals surface area contributed by atoms with Crippen LogP contribution in [-0.2, 0) is 16.1 Å². The third-order valence-electron chi connectivity index (χ3n) is 3.08. The maximum Gasteiger partial charge on any atom is 0.288 e. The number of benzene rings is 1. The third-order valence-corrected chi connectivity index (χ3v) is 3.08. The summed E-state index contributed by atoms with van der Waals surface area (Å²) >= 11 is 0. The lowest BCUT2D eigenvalue weighted by molar-refractivity contribution is -0.701. The van der Waals surface area contributed by atoms with E-state index in [0.717, 1.165) is 5.56 Å². The fourth-order valence-corrected chi connectivity index (χ4v) is 2.26. The van der Waals surface area contributed by atoms with Crippen molar-refractivity contribution in [1.82, 2.24) is 4.90 Å². The summed E-state index contributed by atoms with van der Waals surface area (Å²) in [6, 6.07) is 9.70. The predicted octanol–water partition coefficient (Wildman–Crippen LogP) is 0.286. The molecule has 0 bridgehead atoms. The summed E-state index contributed by atoms with van der Waals surface area (Å²) in [6.45, 7) is 4.44. The van der Waals surface area contributed by atoms with Gasteiger partial charge < -0.3 is 5.32 Å². The zero-order valence-electron chi connectivity index (χ0n) is 10.8. The highest BCUT2D eigenvalue weighted by Gasteiger charge is 2.41. The number of imide groups is 1. The quantitative estimate of drug-likeness (QED) is 0.777. The van der Waals surface area contributed by atoms with Gasteiger partial charge in [0.15, 0.2) is 6.04 Å². The van der Waals surface area contributed by atoms with Gasteiger partial charge in [-0.15, -0.1) is 0 Å². The number of likely N-dealkylation sites (tertiary alicyclic amines) is 1. The van der Waals surface area contributed by atoms with E-state index in [2.05, 4.69) is 0 Å². The average Bonchev–Trinajstić information content (AvgIpc) is 2.58. The van der Waals surface area contributed by atoms with E-state index in [-0.39, 0.29) is 17.9 Å². The Morgan fingerprint density at radius 2 is 1.94 bits per heavy atom. The topological polar surface area (TPSA) is 54.0 Å². The van der Waals surface area contributed by atoms with E-state index in [1.165, 1.54) is 4.90 Å². The molecule has 0 aliphatic carbocycles. The molecular formula is C14H19N2O2+. The highest BCUT2D eigenvalue weighted by atomic mass is 16.2. The Labute approximate surface area is 107 Å². The number of carbonyl (C=O) groups is 2. The van der Waals surface area contributed by atoms with Gasteiger partial charge in [-0.2, -0.15) is 0 Å². The van der Waals surface area contributed by atoms with Crippen molar-refractivity contribution in [3.63, 3.8) is 0 Å². The zero-order chi connectivity index (χ0) is 13.1. The molecule has 96 valence electrons. The molecule has 1 saturated heterocycles. The molecule has 0 aromatic heterocycles. The van der Waals surface area contributed by atoms with Crippen molar-refractivity contribution in [3.05, 3.63) is 35.9 Å². The molecule has 0 radical (unpaired) electrons. The van der Waals surface area contributed by atoms with Crippen LogP contribution in [0.25, 0.3) is 0 Å². The van der Waals surface area contributed by atoms with Gasteiger partial charge in [-0.1, -0.05) is 30.3 Å². The fraction of sp³-hybridized carbons (Fsp3) is 0.429. The van der Waals surface area contributed by atoms with Crippen LogP contribution in [-0.4, -0.2) is 28.8 Å². The van der Waals surface area contributed by atoms with E-state index in [9.17, 15) is 9.59 Å². The molecule has 18 heavy (non-hydrogen) atoms. The highest BCUT2D eigenvalue weighted by molar-refractivity contribution is 6.04. The predicted molar refractivity (Wildman–Crippen MR) is 67.5 cm³/mol. The minimum Gasteiger partial charge on any atom is -0.334 e. The Morgan fingerprint density at radius 1 is 1.28 bits per heavy atom. The smallest absolute Gasteiger partial charge is 0.288 e. The normalized spacial score (nSPS) is 19.9. The van der Waals surface area contributed by atoms with Crippen LogP contribution in [0.2, 0.25) is 0 Å². The Balaban J connectivity index is 2.06. The Morgan fingerprint density at radius 3 is 2.56 bits per heavy atom. The Kier molecular flexibility index (Phi) is 3.77. The number of hydrogen-bond acceptors (Lipinski definition) is 2. The molecule has 2 amide bonds. The van der Waals surface area contributed by atoms with Crippen LogP contribution in [0.1, 0.15) is 25.8 Å². The highest BCUT2D eigenvalue weighted by Crippen LogP contribution is 2.14. The number of hydrogen-bond donors (Lipinski definition) is 1. The van der Waals surface area contributed by atoms with E-state index in [1.54, 1.807) is 0 Å². The van der Waals surface area contributed by atoms with Crippen molar-refractivity contribution in [1.29, 1.82) is 0 Å². The van der Waals surface area contributed by atoms with Gasteiger partial charge in [0.2, 0.25) is 5.91 Å². The SMILES string of the molecule is CC(C)[NH2+][C@H]1CC(=O)N(Cc2ccccc2)C1=O. The first-order valence-corrected chi connectivity index (χ1v) is 6.31. The first-order valence-electron chi connectivity index (χ1n) is 6.31. The number of nitrogens with zero attached hydrogens (tertiary/aromatic N) is 1. The molecule has 2 N–H and O–H groups in total. The van der Waals surface area contributed by atoms with E-state index in [4.69, 9.17) is 0 Å². The minimum atomic E-state index is -0.235. The second-order valence-electron chi connectivity index (χ2n) is 5.05. The molecule has 1 aromatic carbocycles. The summed E-state index contributed by atoms with van der Waals surface area (Å²) < 4.78 is 0. The van der Waals surface area contributed by atoms with Crippen LogP contribution < -0.4 is 5.32 Å². The van der Waals surface area contributed by atoms with Crippen LogP contribution in [0.3, 0.4) is 0 Å². The molecule has 0 spiro atoms. The van der Waals surface area contributed by atoms with Crippen LogP contribution in [0.5, 0.6) is 0 Å². The summed E-state index contributed by atoms with van der Waals surface area (Å²) in [4.78, 5) is 25.4. The first kappa shape index (κ1) is 12.8. The maximum absolute atomic E-state index is 12.1. The largest absolute Gasteiger partial charge is 0.334 e. The van der Waals surface area contributed by atoms with Gasteiger partial charge in [0, 0.05) is 0 Å². The molecule has 0 saturated carbocycles. The van der Waals surface area contributed by atoms with E-state index >= 15 is 0 Å². The summed E-state index contributed by atoms with van der Waals surface area (Å²) in [6.07, 6.45) is 0.323. The summed E-state index contributed by atoms with van der Waals surface area (Å²) in [5.41, 5.74) is 0.990. The molecule has 2 rings (SSSR count). The van der Waals surface area contributed by atoms with Gasteiger partial charge in [0.05, 0.1) is 19.0 Å². The number of amides is 2. The molecule has 4 heteroatoms. The van der Waals surface area contributed by atoms with Crippen LogP contribution >= 0.6 is 0 Å². The number of quaternary nitrogens is 1. The van der Waals surface area contributed by atoms with Gasteiger partial charge in [-0.3, -0.25) is 14.5 Å². The lowest BCUT2D eigenvalue weighted by atomic mass is 10.2. The molecule has 0 unspecified atom stereocenters. The molecular weight excluding hydrogens is 228 g/mol. The first-order chi connectivity index (χ1) is 8.58.